The second-order valence-electron chi connectivity index (χ2n) is 3.02. The van der Waals surface area contributed by atoms with E-state index in [2.05, 4.69) is 0 Å². The van der Waals surface area contributed by atoms with Gasteiger partial charge in [0.1, 0.15) is 12.5 Å². The van der Waals surface area contributed by atoms with Gasteiger partial charge in [0.2, 0.25) is 6.29 Å². The summed E-state index contributed by atoms with van der Waals surface area (Å²) in [4.78, 5) is 0. The Morgan fingerprint density at radius 1 is 1.40 bits per heavy atom. The average Bonchev–Trinajstić information content (AvgIpc) is 2.38. The molecular formula is C7H12O3. The molecule has 0 aromatic rings. The highest BCUT2D eigenvalue weighted by Gasteiger charge is 2.33. The normalized spacial score (nSPS) is 18.7. The van der Waals surface area contributed by atoms with Crippen LogP contribution in [0.2, 0.25) is 0 Å². The first-order valence-corrected chi connectivity index (χ1v) is 3.23. The van der Waals surface area contributed by atoms with Gasteiger partial charge in [-0.1, -0.05) is 13.8 Å². The molecule has 0 saturated carbocycles. The molecule has 10 heavy (non-hydrogen) atoms. The highest BCUT2D eigenvalue weighted by atomic mass is 16.7. The van der Waals surface area contributed by atoms with Crippen LogP contribution in [-0.2, 0) is 9.47 Å². The van der Waals surface area contributed by atoms with E-state index in [4.69, 9.17) is 14.6 Å². The summed E-state index contributed by atoms with van der Waals surface area (Å²) in [6.45, 7) is 3.81. The van der Waals surface area contributed by atoms with E-state index in [0.717, 1.165) is 0 Å². The fourth-order valence-corrected chi connectivity index (χ4v) is 0.682. The highest BCUT2D eigenvalue weighted by molar-refractivity contribution is 4.81. The van der Waals surface area contributed by atoms with Gasteiger partial charge >= 0.3 is 0 Å². The van der Waals surface area contributed by atoms with Crippen molar-refractivity contribution >= 4 is 0 Å². The van der Waals surface area contributed by atoms with Crippen molar-refractivity contribution in [1.29, 1.82) is 0 Å². The van der Waals surface area contributed by atoms with Crippen LogP contribution in [0, 0.1) is 5.41 Å². The maximum Gasteiger partial charge on any atom is 0.246 e. The van der Waals surface area contributed by atoms with Crippen LogP contribution in [0.15, 0.2) is 12.5 Å². The number of hydrogen-bond donors (Lipinski definition) is 1. The van der Waals surface area contributed by atoms with Crippen LogP contribution in [0.4, 0.5) is 0 Å². The molecule has 0 fully saturated rings. The van der Waals surface area contributed by atoms with Crippen molar-refractivity contribution in [3.05, 3.63) is 12.5 Å². The van der Waals surface area contributed by atoms with Crippen LogP contribution in [-0.4, -0.2) is 18.0 Å². The van der Waals surface area contributed by atoms with Crippen LogP contribution in [0.5, 0.6) is 0 Å². The highest BCUT2D eigenvalue weighted by Crippen LogP contribution is 2.26. The van der Waals surface area contributed by atoms with Gasteiger partial charge in [-0.05, 0) is 0 Å². The number of aliphatic hydroxyl groups is 1. The van der Waals surface area contributed by atoms with Gasteiger partial charge in [0.05, 0.1) is 12.0 Å². The minimum absolute atomic E-state index is 0.0549. The number of hydrogen-bond acceptors (Lipinski definition) is 3. The van der Waals surface area contributed by atoms with Crippen molar-refractivity contribution in [3.8, 4) is 0 Å². The lowest BCUT2D eigenvalue weighted by atomic mass is 9.94. The van der Waals surface area contributed by atoms with Crippen LogP contribution >= 0.6 is 0 Å². The molecule has 0 atom stereocenters. The van der Waals surface area contributed by atoms with E-state index in [-0.39, 0.29) is 18.3 Å². The fourth-order valence-electron chi connectivity index (χ4n) is 0.682. The maximum atomic E-state index is 8.87. The maximum absolute atomic E-state index is 8.87. The molecule has 0 aliphatic carbocycles. The molecule has 1 heterocycles. The Morgan fingerprint density at radius 3 is 2.30 bits per heavy atom. The predicted molar refractivity (Wildman–Crippen MR) is 36.0 cm³/mol. The van der Waals surface area contributed by atoms with Crippen molar-refractivity contribution in [1.82, 2.24) is 0 Å². The average molecular weight is 144 g/mol. The third kappa shape index (κ3) is 1.24. The largest absolute Gasteiger partial charge is 0.459 e. The molecule has 0 saturated heterocycles. The Hall–Kier alpha value is -0.700. The first kappa shape index (κ1) is 7.41. The fraction of sp³-hybridized carbons (Fsp3) is 0.714. The third-order valence-electron chi connectivity index (χ3n) is 1.51. The van der Waals surface area contributed by atoms with Gasteiger partial charge in [0, 0.05) is 0 Å². The van der Waals surface area contributed by atoms with Crippen LogP contribution in [0.1, 0.15) is 13.8 Å². The molecule has 58 valence electrons. The Balaban J connectivity index is 2.48. The minimum atomic E-state index is -0.336. The molecule has 0 aromatic heterocycles. The van der Waals surface area contributed by atoms with Crippen molar-refractivity contribution < 1.29 is 14.6 Å². The van der Waals surface area contributed by atoms with Crippen LogP contribution in [0.3, 0.4) is 0 Å². The van der Waals surface area contributed by atoms with E-state index >= 15 is 0 Å². The summed E-state index contributed by atoms with van der Waals surface area (Å²) in [6, 6.07) is 0. The quantitative estimate of drug-likeness (QED) is 0.624. The van der Waals surface area contributed by atoms with Crippen molar-refractivity contribution in [3.63, 3.8) is 0 Å². The topological polar surface area (TPSA) is 38.7 Å². The van der Waals surface area contributed by atoms with Crippen molar-refractivity contribution in [2.75, 3.05) is 6.61 Å². The summed E-state index contributed by atoms with van der Waals surface area (Å²) in [6.07, 6.45) is 2.64. The SMILES string of the molecule is CC(C)(CO)C1OC=CO1. The molecule has 0 spiro atoms. The Labute approximate surface area is 60.3 Å². The van der Waals surface area contributed by atoms with E-state index in [9.17, 15) is 0 Å². The molecule has 1 aliphatic heterocycles. The zero-order chi connectivity index (χ0) is 7.61. The molecule has 3 nitrogen and oxygen atoms in total. The second kappa shape index (κ2) is 2.50. The van der Waals surface area contributed by atoms with E-state index in [1.54, 1.807) is 0 Å². The molecule has 0 bridgehead atoms. The van der Waals surface area contributed by atoms with Crippen molar-refractivity contribution in [2.45, 2.75) is 20.1 Å². The van der Waals surface area contributed by atoms with Gasteiger partial charge < -0.3 is 14.6 Å². The van der Waals surface area contributed by atoms with Gasteiger partial charge in [0.25, 0.3) is 0 Å². The summed E-state index contributed by atoms with van der Waals surface area (Å²) in [5, 5.41) is 8.87. The van der Waals surface area contributed by atoms with Crippen molar-refractivity contribution in [2.24, 2.45) is 5.41 Å². The summed E-state index contributed by atoms with van der Waals surface area (Å²) < 4.78 is 10.1. The smallest absolute Gasteiger partial charge is 0.246 e. The van der Waals surface area contributed by atoms with E-state index < -0.39 is 0 Å². The molecule has 1 aliphatic rings. The first-order valence-electron chi connectivity index (χ1n) is 3.23. The zero-order valence-electron chi connectivity index (χ0n) is 6.20. The third-order valence-corrected chi connectivity index (χ3v) is 1.51. The minimum Gasteiger partial charge on any atom is -0.459 e. The van der Waals surface area contributed by atoms with Crippen LogP contribution in [0.25, 0.3) is 0 Å². The first-order chi connectivity index (χ1) is 4.67. The van der Waals surface area contributed by atoms with Gasteiger partial charge in [-0.3, -0.25) is 0 Å². The van der Waals surface area contributed by atoms with E-state index in [1.807, 2.05) is 13.8 Å². The lowest BCUT2D eigenvalue weighted by molar-refractivity contribution is -0.121. The van der Waals surface area contributed by atoms with E-state index in [1.165, 1.54) is 12.5 Å². The molecule has 3 heteroatoms. The zero-order valence-corrected chi connectivity index (χ0v) is 6.20. The summed E-state index contributed by atoms with van der Waals surface area (Å²) in [5.41, 5.74) is -0.330. The Kier molecular flexibility index (Phi) is 1.85. The molecule has 0 aromatic carbocycles. The number of ether oxygens (including phenoxy) is 2. The summed E-state index contributed by atoms with van der Waals surface area (Å²) in [7, 11) is 0. The van der Waals surface area contributed by atoms with Gasteiger partial charge in [-0.25, -0.2) is 0 Å². The molecule has 1 rings (SSSR count). The Morgan fingerprint density at radius 2 is 1.90 bits per heavy atom. The number of aliphatic hydroxyl groups excluding tert-OH is 1. The summed E-state index contributed by atoms with van der Waals surface area (Å²) >= 11 is 0. The number of rotatable bonds is 2. The molecular weight excluding hydrogens is 132 g/mol. The van der Waals surface area contributed by atoms with E-state index in [0.29, 0.717) is 0 Å². The lowest BCUT2D eigenvalue weighted by Crippen LogP contribution is -2.33. The predicted octanol–water partition coefficient (Wildman–Crippen LogP) is 0.849. The standard InChI is InChI=1S/C7H12O3/c1-7(2,5-8)6-9-3-4-10-6/h3-4,6,8H,5H2,1-2H3. The monoisotopic (exact) mass is 144 g/mol. The Bertz CT molecular complexity index is 132. The van der Waals surface area contributed by atoms with Gasteiger partial charge in [0.15, 0.2) is 0 Å². The lowest BCUT2D eigenvalue weighted by Gasteiger charge is -2.26. The molecule has 0 amide bonds. The van der Waals surface area contributed by atoms with Crippen LogP contribution < -0.4 is 0 Å². The van der Waals surface area contributed by atoms with Gasteiger partial charge in [-0.2, -0.15) is 0 Å². The molecule has 0 unspecified atom stereocenters. The summed E-state index contributed by atoms with van der Waals surface area (Å²) in [5.74, 6) is 0. The molecule has 0 radical (unpaired) electrons. The second-order valence-corrected chi connectivity index (χ2v) is 3.02. The van der Waals surface area contributed by atoms with Gasteiger partial charge in [-0.15, -0.1) is 0 Å². The molecule has 1 N–H and O–H groups in total.